The zero-order chi connectivity index (χ0) is 17.2. The van der Waals surface area contributed by atoms with Crippen LogP contribution in [0.1, 0.15) is 62.3 Å². The fraction of sp³-hybridized carbons (Fsp3) is 0.600. The highest BCUT2D eigenvalue weighted by atomic mass is 16.6. The minimum absolute atomic E-state index is 0.0463. The summed E-state index contributed by atoms with van der Waals surface area (Å²) in [6.07, 6.45) is 4.84. The molecule has 1 aliphatic carbocycles. The van der Waals surface area contributed by atoms with Crippen LogP contribution in [0.4, 0.5) is 0 Å². The molecule has 3 heteroatoms. The molecular formula is C20H29NO2. The highest BCUT2D eigenvalue weighted by molar-refractivity contribution is 5.84. The van der Waals surface area contributed by atoms with E-state index < -0.39 is 5.60 Å². The van der Waals surface area contributed by atoms with E-state index in [0.717, 1.165) is 19.3 Å². The molecule has 23 heavy (non-hydrogen) atoms. The van der Waals surface area contributed by atoms with Gasteiger partial charge in [-0.3, -0.25) is 9.79 Å². The van der Waals surface area contributed by atoms with Crippen LogP contribution in [0.3, 0.4) is 0 Å². The summed E-state index contributed by atoms with van der Waals surface area (Å²) >= 11 is 0. The summed E-state index contributed by atoms with van der Waals surface area (Å²) in [4.78, 5) is 17.1. The standard InChI is InChI=1S/C20H29NO2/c1-13-10-14(2)17(15(3)11-13)12-21-18-9-7-8-16(18)19(22)23-20(4,5)6/h10-12,16,18H,7-9H2,1-6H3/t16-,18+/m1/s1. The first-order valence-electron chi connectivity index (χ1n) is 8.51. The van der Waals surface area contributed by atoms with Gasteiger partial charge in [-0.2, -0.15) is 0 Å². The molecule has 0 radical (unpaired) electrons. The van der Waals surface area contributed by atoms with Crippen LogP contribution in [0.5, 0.6) is 0 Å². The molecule has 1 aromatic carbocycles. The van der Waals surface area contributed by atoms with Crippen molar-refractivity contribution in [3.05, 3.63) is 34.4 Å². The second-order valence-electron chi connectivity index (χ2n) is 7.73. The number of carbonyl (C=O) groups excluding carboxylic acids is 1. The number of hydrogen-bond donors (Lipinski definition) is 0. The molecule has 0 saturated heterocycles. The number of benzene rings is 1. The first-order chi connectivity index (χ1) is 10.7. The van der Waals surface area contributed by atoms with E-state index in [2.05, 4.69) is 32.9 Å². The van der Waals surface area contributed by atoms with E-state index in [-0.39, 0.29) is 17.9 Å². The van der Waals surface area contributed by atoms with Crippen molar-refractivity contribution in [3.8, 4) is 0 Å². The maximum Gasteiger partial charge on any atom is 0.311 e. The van der Waals surface area contributed by atoms with Crippen LogP contribution in [0, 0.1) is 26.7 Å². The minimum atomic E-state index is -0.432. The second-order valence-corrected chi connectivity index (χ2v) is 7.73. The number of hydrogen-bond acceptors (Lipinski definition) is 3. The highest BCUT2D eigenvalue weighted by Gasteiger charge is 2.35. The van der Waals surface area contributed by atoms with Gasteiger partial charge < -0.3 is 4.74 Å². The summed E-state index contributed by atoms with van der Waals surface area (Å²) in [5.41, 5.74) is 4.48. The van der Waals surface area contributed by atoms with E-state index in [4.69, 9.17) is 9.73 Å². The van der Waals surface area contributed by atoms with Gasteiger partial charge in [0.2, 0.25) is 0 Å². The van der Waals surface area contributed by atoms with Crippen LogP contribution in [0.15, 0.2) is 17.1 Å². The molecule has 0 aromatic heterocycles. The molecule has 2 rings (SSSR count). The molecule has 1 aliphatic rings. The van der Waals surface area contributed by atoms with Gasteiger partial charge in [0.05, 0.1) is 12.0 Å². The van der Waals surface area contributed by atoms with Gasteiger partial charge in [-0.25, -0.2) is 0 Å². The lowest BCUT2D eigenvalue weighted by atomic mass is 10.00. The predicted octanol–water partition coefficient (Wildman–Crippen LogP) is 4.54. The average molecular weight is 315 g/mol. The maximum atomic E-state index is 12.4. The number of carbonyl (C=O) groups is 1. The van der Waals surface area contributed by atoms with Gasteiger partial charge in [-0.15, -0.1) is 0 Å². The van der Waals surface area contributed by atoms with Crippen molar-refractivity contribution in [1.82, 2.24) is 0 Å². The van der Waals surface area contributed by atoms with Crippen molar-refractivity contribution in [3.63, 3.8) is 0 Å². The number of aliphatic imine (C=N–C) groups is 1. The molecule has 2 atom stereocenters. The summed E-state index contributed by atoms with van der Waals surface area (Å²) in [6.45, 7) is 12.1. The van der Waals surface area contributed by atoms with Crippen LogP contribution in [-0.4, -0.2) is 23.8 Å². The minimum Gasteiger partial charge on any atom is -0.460 e. The molecule has 1 aromatic rings. The molecular weight excluding hydrogens is 286 g/mol. The third-order valence-corrected chi connectivity index (χ3v) is 4.32. The Kier molecular flexibility index (Phi) is 5.28. The molecule has 0 spiro atoms. The summed E-state index contributed by atoms with van der Waals surface area (Å²) in [5.74, 6) is -0.203. The SMILES string of the molecule is Cc1cc(C)c(C=N[C@H]2CCC[C@H]2C(=O)OC(C)(C)C)c(C)c1. The second kappa shape index (κ2) is 6.86. The third-order valence-electron chi connectivity index (χ3n) is 4.32. The topological polar surface area (TPSA) is 38.7 Å². The molecule has 0 N–H and O–H groups in total. The monoisotopic (exact) mass is 315 g/mol. The fourth-order valence-electron chi connectivity index (χ4n) is 3.34. The number of aryl methyl sites for hydroxylation is 3. The van der Waals surface area contributed by atoms with Gasteiger partial charge in [-0.05, 0) is 71.1 Å². The van der Waals surface area contributed by atoms with E-state index in [1.54, 1.807) is 0 Å². The zero-order valence-corrected chi connectivity index (χ0v) is 15.3. The number of rotatable bonds is 3. The summed E-state index contributed by atoms with van der Waals surface area (Å²) in [7, 11) is 0. The Morgan fingerprint density at radius 1 is 1.17 bits per heavy atom. The van der Waals surface area contributed by atoms with Crippen molar-refractivity contribution >= 4 is 12.2 Å². The normalized spacial score (nSPS) is 21.8. The van der Waals surface area contributed by atoms with Crippen molar-refractivity contribution < 1.29 is 9.53 Å². The quantitative estimate of drug-likeness (QED) is 0.606. The molecule has 1 fully saturated rings. The molecule has 0 heterocycles. The van der Waals surface area contributed by atoms with E-state index in [1.807, 2.05) is 27.0 Å². The first-order valence-corrected chi connectivity index (χ1v) is 8.51. The van der Waals surface area contributed by atoms with Gasteiger partial charge in [0.15, 0.2) is 0 Å². The Morgan fingerprint density at radius 2 is 1.78 bits per heavy atom. The number of esters is 1. The average Bonchev–Trinajstić information content (AvgIpc) is 2.83. The van der Waals surface area contributed by atoms with E-state index >= 15 is 0 Å². The van der Waals surface area contributed by atoms with Crippen molar-refractivity contribution in [2.45, 2.75) is 72.4 Å². The largest absolute Gasteiger partial charge is 0.460 e. The van der Waals surface area contributed by atoms with Crippen LogP contribution in [0.2, 0.25) is 0 Å². The van der Waals surface area contributed by atoms with E-state index in [0.29, 0.717) is 0 Å². The van der Waals surface area contributed by atoms with E-state index in [9.17, 15) is 4.79 Å². The van der Waals surface area contributed by atoms with Gasteiger partial charge in [-0.1, -0.05) is 24.1 Å². The van der Waals surface area contributed by atoms with Crippen LogP contribution in [0.25, 0.3) is 0 Å². The third kappa shape index (κ3) is 4.66. The summed E-state index contributed by atoms with van der Waals surface area (Å²) < 4.78 is 5.55. The molecule has 0 aliphatic heterocycles. The highest BCUT2D eigenvalue weighted by Crippen LogP contribution is 2.31. The Labute approximate surface area is 140 Å². The summed E-state index contributed by atoms with van der Waals surface area (Å²) in [6, 6.07) is 4.40. The van der Waals surface area contributed by atoms with E-state index in [1.165, 1.54) is 22.3 Å². The lowest BCUT2D eigenvalue weighted by Crippen LogP contribution is -2.31. The van der Waals surface area contributed by atoms with Crippen molar-refractivity contribution in [2.24, 2.45) is 10.9 Å². The van der Waals surface area contributed by atoms with Gasteiger partial charge in [0.1, 0.15) is 5.60 Å². The Bertz CT molecular complexity index is 588. The molecule has 0 unspecified atom stereocenters. The van der Waals surface area contributed by atoms with Gasteiger partial charge in [0, 0.05) is 6.21 Å². The Hall–Kier alpha value is -1.64. The molecule has 0 bridgehead atoms. The molecule has 126 valence electrons. The smallest absolute Gasteiger partial charge is 0.311 e. The first kappa shape index (κ1) is 17.7. The fourth-order valence-corrected chi connectivity index (χ4v) is 3.34. The summed E-state index contributed by atoms with van der Waals surface area (Å²) in [5, 5.41) is 0. The maximum absolute atomic E-state index is 12.4. The lowest BCUT2D eigenvalue weighted by molar-refractivity contribution is -0.160. The Morgan fingerprint density at radius 3 is 2.35 bits per heavy atom. The molecule has 0 amide bonds. The predicted molar refractivity (Wildman–Crippen MR) is 95.2 cm³/mol. The zero-order valence-electron chi connectivity index (χ0n) is 15.3. The lowest BCUT2D eigenvalue weighted by Gasteiger charge is -2.23. The van der Waals surface area contributed by atoms with Gasteiger partial charge in [0.25, 0.3) is 0 Å². The number of ether oxygens (including phenoxy) is 1. The van der Waals surface area contributed by atoms with Crippen LogP contribution >= 0.6 is 0 Å². The molecule has 1 saturated carbocycles. The Balaban J connectivity index is 2.14. The number of nitrogens with zero attached hydrogens (tertiary/aromatic N) is 1. The van der Waals surface area contributed by atoms with Crippen LogP contribution in [-0.2, 0) is 9.53 Å². The van der Waals surface area contributed by atoms with Crippen molar-refractivity contribution in [2.75, 3.05) is 0 Å². The van der Waals surface area contributed by atoms with Crippen LogP contribution < -0.4 is 0 Å². The molecule has 3 nitrogen and oxygen atoms in total. The van der Waals surface area contributed by atoms with Crippen molar-refractivity contribution in [1.29, 1.82) is 0 Å². The van der Waals surface area contributed by atoms with Gasteiger partial charge >= 0.3 is 5.97 Å².